The van der Waals surface area contributed by atoms with E-state index in [2.05, 4.69) is 5.10 Å². The number of sulfonamides is 1. The zero-order chi connectivity index (χ0) is 16.7. The molecule has 2 aromatic rings. The van der Waals surface area contributed by atoms with Crippen LogP contribution in [0.1, 0.15) is 28.1 Å². The fraction of sp³-hybridized carbons (Fsp3) is 0.438. The predicted molar refractivity (Wildman–Crippen MR) is 87.3 cm³/mol. The van der Waals surface area contributed by atoms with Crippen molar-refractivity contribution in [3.63, 3.8) is 0 Å². The molecule has 5 nitrogen and oxygen atoms in total. The Morgan fingerprint density at radius 2 is 1.82 bits per heavy atom. The fourth-order valence-electron chi connectivity index (χ4n) is 2.61. The lowest BCUT2D eigenvalue weighted by molar-refractivity contribution is 0.464. The van der Waals surface area contributed by atoms with Crippen molar-refractivity contribution in [2.45, 2.75) is 39.1 Å². The number of hydrogen-bond acceptors (Lipinski definition) is 3. The van der Waals surface area contributed by atoms with Crippen LogP contribution in [0.3, 0.4) is 0 Å². The number of hydrogen-bond donors (Lipinski definition) is 0. The lowest BCUT2D eigenvalue weighted by Crippen LogP contribution is -2.27. The van der Waals surface area contributed by atoms with Gasteiger partial charge in [-0.25, -0.2) is 8.42 Å². The molecule has 0 bridgehead atoms. The Morgan fingerprint density at radius 1 is 1.18 bits per heavy atom. The molecule has 0 N–H and O–H groups in total. The number of nitrogens with zero attached hydrogens (tertiary/aromatic N) is 3. The van der Waals surface area contributed by atoms with Crippen LogP contribution in [0.25, 0.3) is 0 Å². The summed E-state index contributed by atoms with van der Waals surface area (Å²) in [6.45, 7) is 7.96. The Balaban J connectivity index is 2.37. The second-order valence-electron chi connectivity index (χ2n) is 5.80. The molecule has 1 aromatic carbocycles. The zero-order valence-corrected chi connectivity index (χ0v) is 14.8. The van der Waals surface area contributed by atoms with E-state index in [1.165, 1.54) is 4.31 Å². The van der Waals surface area contributed by atoms with E-state index in [0.717, 1.165) is 28.1 Å². The molecule has 22 heavy (non-hydrogen) atoms. The zero-order valence-electron chi connectivity index (χ0n) is 14.0. The van der Waals surface area contributed by atoms with Gasteiger partial charge in [0, 0.05) is 31.9 Å². The predicted octanol–water partition coefficient (Wildman–Crippen LogP) is 2.47. The molecule has 6 heteroatoms. The van der Waals surface area contributed by atoms with Crippen LogP contribution in [-0.2, 0) is 23.6 Å². The Morgan fingerprint density at radius 3 is 2.32 bits per heavy atom. The van der Waals surface area contributed by atoms with Gasteiger partial charge >= 0.3 is 0 Å². The third kappa shape index (κ3) is 2.94. The van der Waals surface area contributed by atoms with Gasteiger partial charge in [0.25, 0.3) is 0 Å². The molecule has 1 heterocycles. The molecule has 1 aromatic heterocycles. The third-order valence-corrected chi connectivity index (χ3v) is 6.02. The Labute approximate surface area is 132 Å². The lowest BCUT2D eigenvalue weighted by Gasteiger charge is -2.19. The number of rotatable bonds is 4. The van der Waals surface area contributed by atoms with E-state index < -0.39 is 10.0 Å². The molecular formula is C16H23N3O2S. The van der Waals surface area contributed by atoms with Crippen LogP contribution in [0.15, 0.2) is 23.1 Å². The van der Waals surface area contributed by atoms with E-state index in [1.54, 1.807) is 17.8 Å². The Kier molecular flexibility index (Phi) is 4.44. The summed E-state index contributed by atoms with van der Waals surface area (Å²) in [6, 6.07) is 5.40. The maximum atomic E-state index is 12.8. The highest BCUT2D eigenvalue weighted by Crippen LogP contribution is 2.23. The Hall–Kier alpha value is -1.66. The molecule has 0 fully saturated rings. The molecule has 0 atom stereocenters. The molecule has 2 rings (SSSR count). The molecule has 0 aliphatic rings. The monoisotopic (exact) mass is 321 g/mol. The SMILES string of the molecule is Cc1ccc(S(=O)(=O)N(C)Cc2c(C)nn(C)c2C)c(C)c1. The Bertz CT molecular complexity index is 807. The molecule has 0 aliphatic heterocycles. The summed E-state index contributed by atoms with van der Waals surface area (Å²) in [5.74, 6) is 0. The average molecular weight is 321 g/mol. The van der Waals surface area contributed by atoms with Gasteiger partial charge in [0.05, 0.1) is 10.6 Å². The standard InChI is InChI=1S/C16H23N3O2S/c1-11-7-8-16(12(2)9-11)22(20,21)18(5)10-15-13(3)17-19(6)14(15)4/h7-9H,10H2,1-6H3. The third-order valence-electron chi connectivity index (χ3n) is 4.06. The largest absolute Gasteiger partial charge is 0.272 e. The normalized spacial score (nSPS) is 12.1. The lowest BCUT2D eigenvalue weighted by atomic mass is 10.2. The smallest absolute Gasteiger partial charge is 0.243 e. The van der Waals surface area contributed by atoms with Gasteiger partial charge in [0.1, 0.15) is 0 Å². The van der Waals surface area contributed by atoms with Gasteiger partial charge in [0.2, 0.25) is 10.0 Å². The van der Waals surface area contributed by atoms with Crippen molar-refractivity contribution < 1.29 is 8.42 Å². The van der Waals surface area contributed by atoms with Crippen LogP contribution < -0.4 is 0 Å². The molecule has 0 saturated carbocycles. The summed E-state index contributed by atoms with van der Waals surface area (Å²) in [7, 11) is -0.0354. The maximum absolute atomic E-state index is 12.8. The van der Waals surface area contributed by atoms with Crippen molar-refractivity contribution in [3.05, 3.63) is 46.3 Å². The average Bonchev–Trinajstić information content (AvgIpc) is 2.64. The second kappa shape index (κ2) is 5.85. The highest BCUT2D eigenvalue weighted by Gasteiger charge is 2.24. The van der Waals surface area contributed by atoms with Crippen molar-refractivity contribution >= 4 is 10.0 Å². The van der Waals surface area contributed by atoms with Gasteiger partial charge in [-0.2, -0.15) is 9.40 Å². The van der Waals surface area contributed by atoms with Gasteiger partial charge < -0.3 is 0 Å². The van der Waals surface area contributed by atoms with Crippen molar-refractivity contribution in [3.8, 4) is 0 Å². The molecule has 0 aliphatic carbocycles. The summed E-state index contributed by atoms with van der Waals surface area (Å²) in [5.41, 5.74) is 4.63. The van der Waals surface area contributed by atoms with E-state index in [4.69, 9.17) is 0 Å². The highest BCUT2D eigenvalue weighted by molar-refractivity contribution is 7.89. The van der Waals surface area contributed by atoms with Gasteiger partial charge in [-0.1, -0.05) is 17.7 Å². The molecular weight excluding hydrogens is 298 g/mol. The number of aromatic nitrogens is 2. The van der Waals surface area contributed by atoms with Crippen molar-refractivity contribution in [2.75, 3.05) is 7.05 Å². The summed E-state index contributed by atoms with van der Waals surface area (Å²) >= 11 is 0. The van der Waals surface area contributed by atoms with Crippen LogP contribution in [-0.4, -0.2) is 29.6 Å². The quantitative estimate of drug-likeness (QED) is 0.869. The highest BCUT2D eigenvalue weighted by atomic mass is 32.2. The van der Waals surface area contributed by atoms with E-state index >= 15 is 0 Å². The summed E-state index contributed by atoms with van der Waals surface area (Å²) in [5, 5.41) is 4.34. The van der Waals surface area contributed by atoms with Crippen LogP contribution in [0.4, 0.5) is 0 Å². The van der Waals surface area contributed by atoms with Crippen molar-refractivity contribution in [2.24, 2.45) is 7.05 Å². The minimum Gasteiger partial charge on any atom is -0.272 e. The summed E-state index contributed by atoms with van der Waals surface area (Å²) in [6.07, 6.45) is 0. The first-order valence-electron chi connectivity index (χ1n) is 7.17. The second-order valence-corrected chi connectivity index (χ2v) is 7.82. The minimum absolute atomic E-state index is 0.321. The van der Waals surface area contributed by atoms with Gasteiger partial charge in [-0.15, -0.1) is 0 Å². The van der Waals surface area contributed by atoms with Crippen LogP contribution in [0.5, 0.6) is 0 Å². The van der Waals surface area contributed by atoms with E-state index in [9.17, 15) is 8.42 Å². The summed E-state index contributed by atoms with van der Waals surface area (Å²) in [4.78, 5) is 0.361. The topological polar surface area (TPSA) is 55.2 Å². The molecule has 120 valence electrons. The van der Waals surface area contributed by atoms with E-state index in [-0.39, 0.29) is 0 Å². The molecule has 0 radical (unpaired) electrons. The minimum atomic E-state index is -3.51. The first kappa shape index (κ1) is 16.7. The van der Waals surface area contributed by atoms with Crippen LogP contribution in [0.2, 0.25) is 0 Å². The number of aryl methyl sites for hydroxylation is 4. The summed E-state index contributed by atoms with van der Waals surface area (Å²) < 4.78 is 28.8. The first-order valence-corrected chi connectivity index (χ1v) is 8.61. The van der Waals surface area contributed by atoms with Crippen molar-refractivity contribution in [1.82, 2.24) is 14.1 Å². The van der Waals surface area contributed by atoms with Crippen LogP contribution >= 0.6 is 0 Å². The van der Waals surface area contributed by atoms with Crippen LogP contribution in [0, 0.1) is 27.7 Å². The fourth-order valence-corrected chi connectivity index (χ4v) is 3.95. The number of benzene rings is 1. The van der Waals surface area contributed by atoms with Crippen molar-refractivity contribution in [1.29, 1.82) is 0 Å². The maximum Gasteiger partial charge on any atom is 0.243 e. The van der Waals surface area contributed by atoms with E-state index in [1.807, 2.05) is 46.9 Å². The first-order chi connectivity index (χ1) is 10.1. The molecule has 0 unspecified atom stereocenters. The van der Waals surface area contributed by atoms with Gasteiger partial charge in [0.15, 0.2) is 0 Å². The molecule has 0 amide bonds. The molecule has 0 spiro atoms. The van der Waals surface area contributed by atoms with Gasteiger partial charge in [-0.3, -0.25) is 4.68 Å². The molecule has 0 saturated heterocycles. The van der Waals surface area contributed by atoms with Gasteiger partial charge in [-0.05, 0) is 39.3 Å². The van der Waals surface area contributed by atoms with E-state index in [0.29, 0.717) is 11.4 Å².